The average Bonchev–Trinajstić information content (AvgIpc) is 2.68. The van der Waals surface area contributed by atoms with E-state index in [1.54, 1.807) is 26.0 Å². The highest BCUT2D eigenvalue weighted by Gasteiger charge is 2.28. The van der Waals surface area contributed by atoms with E-state index < -0.39 is 29.6 Å². The molecule has 0 heterocycles. The Balaban J connectivity index is 2.09. The Morgan fingerprint density at radius 3 is 2.12 bits per heavy atom. The van der Waals surface area contributed by atoms with E-state index in [0.29, 0.717) is 0 Å². The lowest BCUT2D eigenvalue weighted by molar-refractivity contribution is -0.148. The summed E-state index contributed by atoms with van der Waals surface area (Å²) >= 11 is 0. The molecular weight excluding hydrogens is 330 g/mol. The Kier molecular flexibility index (Phi) is 7.09. The molecule has 2 aromatic carbocycles. The molecule has 0 saturated carbocycles. The van der Waals surface area contributed by atoms with Crippen LogP contribution >= 0.6 is 0 Å². The quantitative estimate of drug-likeness (QED) is 0.585. The number of ether oxygens (including phenoxy) is 1. The van der Waals surface area contributed by atoms with Crippen molar-refractivity contribution in [2.45, 2.75) is 32.2 Å². The van der Waals surface area contributed by atoms with Gasteiger partial charge in [0.15, 0.2) is 0 Å². The molecule has 26 heavy (non-hydrogen) atoms. The third-order valence-corrected chi connectivity index (χ3v) is 4.08. The largest absolute Gasteiger partial charge is 0.464 e. The summed E-state index contributed by atoms with van der Waals surface area (Å²) in [5.41, 5.74) is 1.62. The van der Waals surface area contributed by atoms with Gasteiger partial charge in [0, 0.05) is 12.3 Å². The summed E-state index contributed by atoms with van der Waals surface area (Å²) in [6.45, 7) is 3.57. The fraction of sp³-hybridized carbons (Fsp3) is 0.286. The van der Waals surface area contributed by atoms with E-state index >= 15 is 0 Å². The third-order valence-electron chi connectivity index (χ3n) is 4.08. The molecule has 0 saturated heterocycles. The van der Waals surface area contributed by atoms with Crippen LogP contribution in [0.25, 0.3) is 0 Å². The number of esters is 1. The number of benzene rings is 2. The first-order chi connectivity index (χ1) is 12.5. The van der Waals surface area contributed by atoms with Gasteiger partial charge in [-0.15, -0.1) is 0 Å². The maximum atomic E-state index is 12.4. The lowest BCUT2D eigenvalue weighted by Crippen LogP contribution is -2.47. The van der Waals surface area contributed by atoms with Crippen molar-refractivity contribution in [3.05, 3.63) is 71.8 Å². The third kappa shape index (κ3) is 5.28. The predicted octanol–water partition coefficient (Wildman–Crippen LogP) is 2.65. The molecule has 5 heteroatoms. The second-order valence-corrected chi connectivity index (χ2v) is 5.96. The van der Waals surface area contributed by atoms with Gasteiger partial charge in [-0.3, -0.25) is 9.59 Å². The van der Waals surface area contributed by atoms with Crippen LogP contribution in [-0.4, -0.2) is 30.3 Å². The van der Waals surface area contributed by atoms with Crippen LogP contribution in [0.15, 0.2) is 60.7 Å². The Bertz CT molecular complexity index is 743. The van der Waals surface area contributed by atoms with Gasteiger partial charge in [0.25, 0.3) is 5.91 Å². The summed E-state index contributed by atoms with van der Waals surface area (Å²) in [4.78, 5) is 37.0. The Hall–Kier alpha value is -2.95. The molecule has 0 aliphatic carbocycles. The maximum absolute atomic E-state index is 12.4. The Morgan fingerprint density at radius 2 is 1.54 bits per heavy atom. The molecule has 2 aromatic rings. The molecule has 0 spiro atoms. The number of Topliss-reactive ketones (excluding diaryl/α,β-unsaturated/α-hetero) is 1. The first kappa shape index (κ1) is 19.4. The molecule has 136 valence electrons. The molecule has 0 aliphatic rings. The molecule has 1 amide bonds. The van der Waals surface area contributed by atoms with E-state index in [2.05, 4.69) is 5.32 Å². The molecule has 0 unspecified atom stereocenters. The van der Waals surface area contributed by atoms with Gasteiger partial charge >= 0.3 is 5.97 Å². The summed E-state index contributed by atoms with van der Waals surface area (Å²) in [7, 11) is 0. The molecule has 2 rings (SSSR count). The fourth-order valence-corrected chi connectivity index (χ4v) is 2.61. The second kappa shape index (κ2) is 9.51. The van der Waals surface area contributed by atoms with Crippen molar-refractivity contribution >= 4 is 17.7 Å². The molecule has 5 nitrogen and oxygen atoms in total. The number of carbonyl (C=O) groups excluding carboxylic acids is 3. The standard InChI is InChI=1S/C21H23NO4/c1-3-26-21(25)18(14-16-10-6-4-7-11-16)22-20(24)19(23)15(2)17-12-8-5-9-13-17/h4-13,15,18H,3,14H2,1-2H3,(H,22,24)/t15-,18+/m1/s1. The smallest absolute Gasteiger partial charge is 0.328 e. The number of nitrogens with one attached hydrogen (secondary N) is 1. The van der Waals surface area contributed by atoms with Gasteiger partial charge in [0.2, 0.25) is 5.78 Å². The number of ketones is 1. The van der Waals surface area contributed by atoms with Crippen LogP contribution in [0.4, 0.5) is 0 Å². The van der Waals surface area contributed by atoms with Gasteiger partial charge in [-0.25, -0.2) is 4.79 Å². The van der Waals surface area contributed by atoms with E-state index in [4.69, 9.17) is 4.74 Å². The van der Waals surface area contributed by atoms with Crippen molar-refractivity contribution in [1.29, 1.82) is 0 Å². The SMILES string of the molecule is CCOC(=O)[C@H](Cc1ccccc1)NC(=O)C(=O)[C@H](C)c1ccccc1. The summed E-state index contributed by atoms with van der Waals surface area (Å²) in [5.74, 6) is -2.51. The van der Waals surface area contributed by atoms with Crippen LogP contribution in [0.5, 0.6) is 0 Å². The number of hydrogen-bond donors (Lipinski definition) is 1. The van der Waals surface area contributed by atoms with Crippen LogP contribution in [-0.2, 0) is 25.5 Å². The van der Waals surface area contributed by atoms with Crippen molar-refractivity contribution in [3.8, 4) is 0 Å². The van der Waals surface area contributed by atoms with Gasteiger partial charge < -0.3 is 10.1 Å². The average molecular weight is 353 g/mol. The van der Waals surface area contributed by atoms with Crippen LogP contribution in [0.3, 0.4) is 0 Å². The molecule has 0 aliphatic heterocycles. The van der Waals surface area contributed by atoms with Gasteiger partial charge in [-0.1, -0.05) is 67.6 Å². The lowest BCUT2D eigenvalue weighted by Gasteiger charge is -2.18. The van der Waals surface area contributed by atoms with Gasteiger partial charge in [0.1, 0.15) is 6.04 Å². The minimum Gasteiger partial charge on any atom is -0.464 e. The number of hydrogen-bond acceptors (Lipinski definition) is 4. The highest BCUT2D eigenvalue weighted by atomic mass is 16.5. The van der Waals surface area contributed by atoms with Gasteiger partial charge in [-0.2, -0.15) is 0 Å². The zero-order valence-corrected chi connectivity index (χ0v) is 15.0. The zero-order valence-electron chi connectivity index (χ0n) is 15.0. The molecule has 0 fully saturated rings. The minimum absolute atomic E-state index is 0.203. The normalized spacial score (nSPS) is 12.7. The fourth-order valence-electron chi connectivity index (χ4n) is 2.61. The van der Waals surface area contributed by atoms with Crippen LogP contribution in [0.1, 0.15) is 30.9 Å². The lowest BCUT2D eigenvalue weighted by atomic mass is 9.96. The van der Waals surface area contributed by atoms with Crippen molar-refractivity contribution in [1.82, 2.24) is 5.32 Å². The monoisotopic (exact) mass is 353 g/mol. The summed E-state index contributed by atoms with van der Waals surface area (Å²) in [5, 5.41) is 2.54. The van der Waals surface area contributed by atoms with Crippen molar-refractivity contribution < 1.29 is 19.1 Å². The molecule has 1 N–H and O–H groups in total. The van der Waals surface area contributed by atoms with Gasteiger partial charge in [-0.05, 0) is 18.1 Å². The number of rotatable bonds is 8. The van der Waals surface area contributed by atoms with E-state index in [1.165, 1.54) is 0 Å². The highest BCUT2D eigenvalue weighted by Crippen LogP contribution is 2.16. The van der Waals surface area contributed by atoms with Crippen LogP contribution < -0.4 is 5.32 Å². The van der Waals surface area contributed by atoms with Crippen molar-refractivity contribution in [2.75, 3.05) is 6.61 Å². The summed E-state index contributed by atoms with van der Waals surface area (Å²) in [6, 6.07) is 17.4. The Morgan fingerprint density at radius 1 is 0.962 bits per heavy atom. The summed E-state index contributed by atoms with van der Waals surface area (Å²) < 4.78 is 5.04. The van der Waals surface area contributed by atoms with Crippen molar-refractivity contribution in [2.24, 2.45) is 0 Å². The van der Waals surface area contributed by atoms with E-state index in [1.807, 2.05) is 48.5 Å². The van der Waals surface area contributed by atoms with E-state index in [-0.39, 0.29) is 13.0 Å². The second-order valence-electron chi connectivity index (χ2n) is 5.96. The molecule has 2 atom stereocenters. The summed E-state index contributed by atoms with van der Waals surface area (Å²) in [6.07, 6.45) is 0.262. The first-order valence-corrected chi connectivity index (χ1v) is 8.63. The minimum atomic E-state index is -0.906. The number of carbonyl (C=O) groups is 3. The van der Waals surface area contributed by atoms with Crippen LogP contribution in [0.2, 0.25) is 0 Å². The molecular formula is C21H23NO4. The van der Waals surface area contributed by atoms with E-state index in [0.717, 1.165) is 11.1 Å². The number of amides is 1. The maximum Gasteiger partial charge on any atom is 0.328 e. The zero-order chi connectivity index (χ0) is 18.9. The molecule has 0 radical (unpaired) electrons. The first-order valence-electron chi connectivity index (χ1n) is 8.63. The Labute approximate surface area is 153 Å². The predicted molar refractivity (Wildman–Crippen MR) is 98.6 cm³/mol. The molecule has 0 bridgehead atoms. The van der Waals surface area contributed by atoms with E-state index in [9.17, 15) is 14.4 Å². The van der Waals surface area contributed by atoms with Gasteiger partial charge in [0.05, 0.1) is 6.61 Å². The topological polar surface area (TPSA) is 72.5 Å². The van der Waals surface area contributed by atoms with Crippen LogP contribution in [0, 0.1) is 0 Å². The molecule has 0 aromatic heterocycles. The highest BCUT2D eigenvalue weighted by molar-refractivity contribution is 6.38. The van der Waals surface area contributed by atoms with Crippen molar-refractivity contribution in [3.63, 3.8) is 0 Å².